The Kier molecular flexibility index (Phi) is 3.28. The zero-order valence-corrected chi connectivity index (χ0v) is 14.1. The molecule has 4 heterocycles. The molecule has 0 unspecified atom stereocenters. The summed E-state index contributed by atoms with van der Waals surface area (Å²) in [6, 6.07) is 0. The summed E-state index contributed by atoms with van der Waals surface area (Å²) in [5, 5.41) is 7.45. The third kappa shape index (κ3) is 2.28. The summed E-state index contributed by atoms with van der Waals surface area (Å²) < 4.78 is 2.89. The quantitative estimate of drug-likeness (QED) is 0.734. The number of fused-ring (bicyclic) bond motifs is 2. The smallest absolute Gasteiger partial charge is 0.305 e. The van der Waals surface area contributed by atoms with Gasteiger partial charge in [-0.25, -0.2) is 9.67 Å². The first-order chi connectivity index (χ1) is 11.0. The maximum Gasteiger partial charge on any atom is 0.332 e. The molecule has 0 aliphatic carbocycles. The predicted octanol–water partition coefficient (Wildman–Crippen LogP) is 0.195. The van der Waals surface area contributed by atoms with E-state index >= 15 is 0 Å². The van der Waals surface area contributed by atoms with E-state index < -0.39 is 11.1 Å². The maximum absolute atomic E-state index is 12.5. The summed E-state index contributed by atoms with van der Waals surface area (Å²) in [6.45, 7) is 4.68. The van der Waals surface area contributed by atoms with Gasteiger partial charge in [0, 0.05) is 23.9 Å². The molecule has 2 aromatic heterocycles. The molecule has 0 aromatic carbocycles. The molecule has 1 saturated heterocycles. The van der Waals surface area contributed by atoms with E-state index in [0.717, 1.165) is 42.5 Å². The van der Waals surface area contributed by atoms with Gasteiger partial charge in [-0.1, -0.05) is 0 Å². The largest absolute Gasteiger partial charge is 0.332 e. The van der Waals surface area contributed by atoms with Crippen molar-refractivity contribution >= 4 is 11.3 Å². The van der Waals surface area contributed by atoms with Crippen LogP contribution < -0.4 is 11.1 Å². The van der Waals surface area contributed by atoms with Gasteiger partial charge in [-0.05, 0) is 33.4 Å². The number of likely N-dealkylation sites (tertiary alicyclic amines) is 1. The first-order valence-corrected chi connectivity index (χ1v) is 8.68. The Morgan fingerprint density at radius 2 is 2.04 bits per heavy atom. The van der Waals surface area contributed by atoms with E-state index in [4.69, 9.17) is 0 Å². The number of rotatable bonds is 2. The van der Waals surface area contributed by atoms with Crippen molar-refractivity contribution in [1.82, 2.24) is 24.2 Å². The van der Waals surface area contributed by atoms with Crippen LogP contribution in [0.25, 0.3) is 0 Å². The van der Waals surface area contributed by atoms with Crippen LogP contribution in [-0.4, -0.2) is 44.4 Å². The summed E-state index contributed by atoms with van der Waals surface area (Å²) in [7, 11) is 2.09. The molecular formula is C15H19N5O2S. The summed E-state index contributed by atoms with van der Waals surface area (Å²) in [6.07, 6.45) is 1.88. The van der Waals surface area contributed by atoms with E-state index in [-0.39, 0.29) is 12.0 Å². The highest BCUT2D eigenvalue weighted by Gasteiger charge is 2.46. The maximum atomic E-state index is 12.5. The molecule has 2 aromatic rings. The van der Waals surface area contributed by atoms with Gasteiger partial charge in [0.1, 0.15) is 5.82 Å². The first kappa shape index (κ1) is 14.8. The fourth-order valence-electron chi connectivity index (χ4n) is 3.78. The number of likely N-dealkylation sites (N-methyl/N-ethyl adjacent to an activating group) is 1. The third-order valence-corrected chi connectivity index (χ3v) is 5.77. The van der Waals surface area contributed by atoms with Crippen molar-refractivity contribution in [3.8, 4) is 0 Å². The van der Waals surface area contributed by atoms with Crippen LogP contribution in [0.3, 0.4) is 0 Å². The number of hydrogen-bond donors (Lipinski definition) is 0. The molecule has 122 valence electrons. The van der Waals surface area contributed by atoms with Crippen LogP contribution in [0, 0.1) is 6.92 Å². The fraction of sp³-hybridized carbons (Fsp3) is 0.600. The molecule has 23 heavy (non-hydrogen) atoms. The second-order valence-electron chi connectivity index (χ2n) is 6.62. The van der Waals surface area contributed by atoms with Crippen molar-refractivity contribution < 1.29 is 0 Å². The van der Waals surface area contributed by atoms with Crippen molar-refractivity contribution in [3.05, 3.63) is 42.6 Å². The van der Waals surface area contributed by atoms with Crippen LogP contribution in [0.4, 0.5) is 0 Å². The molecule has 7 nitrogen and oxygen atoms in total. The second-order valence-corrected chi connectivity index (χ2v) is 7.68. The van der Waals surface area contributed by atoms with Gasteiger partial charge >= 0.3 is 11.1 Å². The predicted molar refractivity (Wildman–Crippen MR) is 87.1 cm³/mol. The fourth-order valence-corrected chi connectivity index (χ4v) is 4.38. The molecule has 0 saturated carbocycles. The van der Waals surface area contributed by atoms with Gasteiger partial charge in [-0.3, -0.25) is 14.2 Å². The molecule has 1 fully saturated rings. The Balaban J connectivity index is 1.81. The van der Waals surface area contributed by atoms with Gasteiger partial charge in [0.25, 0.3) is 0 Å². The van der Waals surface area contributed by atoms with E-state index in [0.29, 0.717) is 6.54 Å². The van der Waals surface area contributed by atoms with E-state index in [1.165, 1.54) is 16.0 Å². The summed E-state index contributed by atoms with van der Waals surface area (Å²) in [4.78, 5) is 31.4. The Morgan fingerprint density at radius 3 is 2.70 bits per heavy atom. The molecule has 0 N–H and O–H groups in total. The second kappa shape index (κ2) is 5.10. The molecule has 2 aliphatic heterocycles. The highest BCUT2D eigenvalue weighted by atomic mass is 32.1. The van der Waals surface area contributed by atoms with E-state index in [2.05, 4.69) is 22.0 Å². The van der Waals surface area contributed by atoms with Crippen molar-refractivity contribution in [2.24, 2.45) is 0 Å². The lowest BCUT2D eigenvalue weighted by Crippen LogP contribution is -2.45. The molecule has 1 atom stereocenters. The van der Waals surface area contributed by atoms with Crippen molar-refractivity contribution in [2.45, 2.75) is 38.3 Å². The summed E-state index contributed by atoms with van der Waals surface area (Å²) >= 11 is 1.53. The van der Waals surface area contributed by atoms with Crippen molar-refractivity contribution in [3.63, 3.8) is 0 Å². The standard InChI is InChI=1S/C15H19N5O2S/c1-10-16-11(8-23-10)7-20-13(22)12(21)19-6-4-15(14(19)17-20)3-5-18(2)9-15/h8H,3-7,9H2,1-2H3/t15-/m1/s1. The molecule has 4 rings (SSSR count). The SMILES string of the molecule is Cc1nc(Cn2nc3n(c(=O)c2=O)CC[C@@]32CCN(C)C2)cs1. The number of thiazole rings is 1. The normalized spacial score (nSPS) is 23.7. The van der Waals surface area contributed by atoms with E-state index in [1.54, 1.807) is 4.57 Å². The molecular weight excluding hydrogens is 314 g/mol. The van der Waals surface area contributed by atoms with Gasteiger partial charge in [-0.15, -0.1) is 11.3 Å². The van der Waals surface area contributed by atoms with Crippen LogP contribution >= 0.6 is 11.3 Å². The van der Waals surface area contributed by atoms with Gasteiger partial charge in [-0.2, -0.15) is 5.10 Å². The molecule has 0 amide bonds. The summed E-state index contributed by atoms with van der Waals surface area (Å²) in [5.74, 6) is 0.776. The van der Waals surface area contributed by atoms with Gasteiger partial charge < -0.3 is 4.90 Å². The Labute approximate surface area is 137 Å². The average molecular weight is 333 g/mol. The Hall–Kier alpha value is -1.80. The van der Waals surface area contributed by atoms with Gasteiger partial charge in [0.15, 0.2) is 0 Å². The van der Waals surface area contributed by atoms with Crippen LogP contribution in [0.2, 0.25) is 0 Å². The third-order valence-electron chi connectivity index (χ3n) is 4.94. The van der Waals surface area contributed by atoms with Crippen LogP contribution in [0.15, 0.2) is 15.0 Å². The lowest BCUT2D eigenvalue weighted by Gasteiger charge is -2.22. The van der Waals surface area contributed by atoms with Crippen LogP contribution in [-0.2, 0) is 18.5 Å². The summed E-state index contributed by atoms with van der Waals surface area (Å²) in [5.41, 5.74) is -0.306. The highest BCUT2D eigenvalue weighted by molar-refractivity contribution is 7.09. The zero-order chi connectivity index (χ0) is 16.2. The molecule has 0 radical (unpaired) electrons. The number of aryl methyl sites for hydroxylation is 1. The van der Waals surface area contributed by atoms with E-state index in [1.807, 2.05) is 12.3 Å². The van der Waals surface area contributed by atoms with E-state index in [9.17, 15) is 9.59 Å². The molecule has 0 bridgehead atoms. The topological polar surface area (TPSA) is 73.0 Å². The monoisotopic (exact) mass is 333 g/mol. The highest BCUT2D eigenvalue weighted by Crippen LogP contribution is 2.39. The lowest BCUT2D eigenvalue weighted by molar-refractivity contribution is 0.357. The molecule has 2 aliphatic rings. The number of hydrogen-bond acceptors (Lipinski definition) is 6. The minimum atomic E-state index is -0.553. The van der Waals surface area contributed by atoms with Gasteiger partial charge in [0.05, 0.1) is 17.2 Å². The zero-order valence-electron chi connectivity index (χ0n) is 13.3. The Morgan fingerprint density at radius 1 is 1.26 bits per heavy atom. The minimum absolute atomic E-state index is 0.0820. The van der Waals surface area contributed by atoms with Gasteiger partial charge in [0.2, 0.25) is 0 Å². The number of nitrogens with zero attached hydrogens (tertiary/aromatic N) is 5. The van der Waals surface area contributed by atoms with Crippen LogP contribution in [0.5, 0.6) is 0 Å². The first-order valence-electron chi connectivity index (χ1n) is 7.80. The number of aromatic nitrogens is 4. The van der Waals surface area contributed by atoms with Crippen molar-refractivity contribution in [1.29, 1.82) is 0 Å². The Bertz CT molecular complexity index is 883. The van der Waals surface area contributed by atoms with Crippen LogP contribution in [0.1, 0.15) is 29.4 Å². The molecule has 1 spiro atoms. The average Bonchev–Trinajstić information content (AvgIpc) is 3.19. The molecule has 8 heteroatoms. The minimum Gasteiger partial charge on any atom is -0.305 e. The van der Waals surface area contributed by atoms with Crippen molar-refractivity contribution in [2.75, 3.05) is 20.1 Å². The lowest BCUT2D eigenvalue weighted by atomic mass is 9.85.